The van der Waals surface area contributed by atoms with Gasteiger partial charge in [-0.3, -0.25) is 0 Å². The molecular weight excluding hydrogens is 576 g/mol. The van der Waals surface area contributed by atoms with Crippen LogP contribution in [0.1, 0.15) is 33.4 Å². The predicted octanol–water partition coefficient (Wildman–Crippen LogP) is 9.09. The van der Waals surface area contributed by atoms with E-state index in [-0.39, 0.29) is 36.4 Å². The number of benzene rings is 3. The number of ether oxygens (including phenoxy) is 2. The first-order valence-corrected chi connectivity index (χ1v) is 10.2. The Morgan fingerprint density at radius 1 is 0.425 bits per heavy atom. The fourth-order valence-corrected chi connectivity index (χ4v) is 3.13. The van der Waals surface area contributed by atoms with Crippen molar-refractivity contribution in [3.05, 3.63) is 81.9 Å². The number of alkyl halides is 12. The highest BCUT2D eigenvalue weighted by molar-refractivity contribution is 5.58. The van der Waals surface area contributed by atoms with E-state index in [1.54, 1.807) is 0 Å². The predicted molar refractivity (Wildman–Crippen MR) is 109 cm³/mol. The van der Waals surface area contributed by atoms with Gasteiger partial charge in [0.1, 0.15) is 23.6 Å². The highest BCUT2D eigenvalue weighted by Crippen LogP contribution is 2.44. The molecule has 0 saturated carbocycles. The number of hydrogen-bond donors (Lipinski definition) is 0. The fourth-order valence-electron chi connectivity index (χ4n) is 3.13. The summed E-state index contributed by atoms with van der Waals surface area (Å²) < 4.78 is 169. The van der Waals surface area contributed by atoms with Gasteiger partial charge in [-0.05, 0) is 36.4 Å². The zero-order valence-corrected chi connectivity index (χ0v) is 18.9. The van der Waals surface area contributed by atoms with Gasteiger partial charge < -0.3 is 9.47 Å². The third-order valence-corrected chi connectivity index (χ3v) is 4.90. The first-order chi connectivity index (χ1) is 18.2. The van der Waals surface area contributed by atoms with Crippen LogP contribution in [0.5, 0.6) is 23.0 Å². The second-order valence-corrected chi connectivity index (χ2v) is 7.76. The lowest BCUT2D eigenvalue weighted by molar-refractivity contribution is -0.144. The number of nitriles is 2. The van der Waals surface area contributed by atoms with E-state index in [1.807, 2.05) is 0 Å². The zero-order chi connectivity index (χ0) is 30.3. The monoisotopic (exact) mass is 584 g/mol. The maximum atomic E-state index is 13.2. The molecule has 3 aromatic carbocycles. The van der Waals surface area contributed by atoms with E-state index in [4.69, 9.17) is 9.47 Å². The molecule has 0 aliphatic heterocycles. The molecule has 0 N–H and O–H groups in total. The molecule has 16 heteroatoms. The molecule has 0 aromatic heterocycles. The summed E-state index contributed by atoms with van der Waals surface area (Å²) in [6.45, 7) is 0. The third kappa shape index (κ3) is 6.88. The molecule has 210 valence electrons. The van der Waals surface area contributed by atoms with Gasteiger partial charge in [0.15, 0.2) is 11.5 Å². The van der Waals surface area contributed by atoms with Crippen LogP contribution < -0.4 is 9.47 Å². The molecule has 0 unspecified atom stereocenters. The molecular formula is C24H8F12N2O2. The second kappa shape index (κ2) is 10.2. The van der Waals surface area contributed by atoms with Crippen molar-refractivity contribution in [1.29, 1.82) is 10.5 Å². The standard InChI is InChI=1S/C24H8F12N2O2/c25-21(26,27)13-3-14(22(28,29)30)6-17(5-13)39-19-1-11(9-37)12(10-38)2-20(19)40-18-7-15(23(31,32)33)4-16(8-18)24(34,35)36/h1-8H. The Morgan fingerprint density at radius 2 is 0.675 bits per heavy atom. The van der Waals surface area contributed by atoms with Gasteiger partial charge in [0.05, 0.1) is 33.4 Å². The van der Waals surface area contributed by atoms with Gasteiger partial charge in [0.2, 0.25) is 0 Å². The van der Waals surface area contributed by atoms with Crippen LogP contribution in [-0.4, -0.2) is 0 Å². The average Bonchev–Trinajstić information content (AvgIpc) is 2.82. The second-order valence-electron chi connectivity index (χ2n) is 7.76. The molecule has 0 aliphatic rings. The molecule has 3 rings (SSSR count). The summed E-state index contributed by atoms with van der Waals surface area (Å²) in [5, 5.41) is 18.5. The summed E-state index contributed by atoms with van der Waals surface area (Å²) in [5.74, 6) is -4.09. The van der Waals surface area contributed by atoms with E-state index in [9.17, 15) is 63.2 Å². The molecule has 0 bridgehead atoms. The van der Waals surface area contributed by atoms with Crippen LogP contribution in [0.3, 0.4) is 0 Å². The maximum Gasteiger partial charge on any atom is 0.416 e. The van der Waals surface area contributed by atoms with E-state index in [0.717, 1.165) is 0 Å². The van der Waals surface area contributed by atoms with Gasteiger partial charge in [-0.2, -0.15) is 63.2 Å². The largest absolute Gasteiger partial charge is 0.453 e. The van der Waals surface area contributed by atoms with Crippen molar-refractivity contribution in [1.82, 2.24) is 0 Å². The Kier molecular flexibility index (Phi) is 7.62. The Morgan fingerprint density at radius 3 is 0.875 bits per heavy atom. The van der Waals surface area contributed by atoms with Crippen molar-refractivity contribution < 1.29 is 62.2 Å². The lowest BCUT2D eigenvalue weighted by Gasteiger charge is -2.18. The number of halogens is 12. The van der Waals surface area contributed by atoms with Crippen LogP contribution in [-0.2, 0) is 24.7 Å². The summed E-state index contributed by atoms with van der Waals surface area (Å²) >= 11 is 0. The Hall–Kier alpha value is -4.60. The minimum absolute atomic E-state index is 0.120. The highest BCUT2D eigenvalue weighted by atomic mass is 19.4. The van der Waals surface area contributed by atoms with E-state index in [1.165, 1.54) is 12.1 Å². The summed E-state index contributed by atoms with van der Waals surface area (Å²) in [5.41, 5.74) is -8.40. The van der Waals surface area contributed by atoms with Gasteiger partial charge in [-0.25, -0.2) is 0 Å². The van der Waals surface area contributed by atoms with Gasteiger partial charge in [-0.1, -0.05) is 0 Å². The van der Waals surface area contributed by atoms with Crippen LogP contribution >= 0.6 is 0 Å². The van der Waals surface area contributed by atoms with Gasteiger partial charge in [-0.15, -0.1) is 0 Å². The SMILES string of the molecule is N#Cc1cc(Oc2cc(C(F)(F)F)cc(C(F)(F)F)c2)c(Oc2cc(C(F)(F)F)cc(C(F)(F)F)c2)cc1C#N. The summed E-state index contributed by atoms with van der Waals surface area (Å²) in [6, 6.07) is 4.17. The minimum atomic E-state index is -5.30. The number of hydrogen-bond acceptors (Lipinski definition) is 4. The molecule has 0 amide bonds. The average molecular weight is 584 g/mol. The fraction of sp³-hybridized carbons (Fsp3) is 0.167. The quantitative estimate of drug-likeness (QED) is 0.287. The smallest absolute Gasteiger partial charge is 0.416 e. The zero-order valence-electron chi connectivity index (χ0n) is 18.9. The van der Waals surface area contributed by atoms with E-state index in [0.29, 0.717) is 12.1 Å². The van der Waals surface area contributed by atoms with Crippen molar-refractivity contribution >= 4 is 0 Å². The molecule has 0 saturated heterocycles. The molecule has 4 nitrogen and oxygen atoms in total. The summed E-state index contributed by atoms with van der Waals surface area (Å²) in [4.78, 5) is 0. The molecule has 0 radical (unpaired) electrons. The van der Waals surface area contributed by atoms with Gasteiger partial charge in [0.25, 0.3) is 0 Å². The molecule has 3 aromatic rings. The van der Waals surface area contributed by atoms with E-state index < -0.39 is 81.1 Å². The molecule has 0 heterocycles. The van der Waals surface area contributed by atoms with E-state index in [2.05, 4.69) is 0 Å². The summed E-state index contributed by atoms with van der Waals surface area (Å²) in [7, 11) is 0. The van der Waals surface area contributed by atoms with Gasteiger partial charge >= 0.3 is 24.7 Å². The lowest BCUT2D eigenvalue weighted by Crippen LogP contribution is -2.11. The molecule has 0 spiro atoms. The number of rotatable bonds is 4. The lowest BCUT2D eigenvalue weighted by atomic mass is 10.1. The minimum Gasteiger partial charge on any atom is -0.453 e. The molecule has 0 atom stereocenters. The van der Waals surface area contributed by atoms with Crippen LogP contribution in [0.2, 0.25) is 0 Å². The molecule has 0 fully saturated rings. The van der Waals surface area contributed by atoms with Crippen molar-refractivity contribution in [2.24, 2.45) is 0 Å². The first kappa shape index (κ1) is 29.9. The third-order valence-electron chi connectivity index (χ3n) is 4.90. The maximum absolute atomic E-state index is 13.2. The van der Waals surface area contributed by atoms with Crippen LogP contribution in [0.15, 0.2) is 48.5 Å². The Labute approximate surface area is 215 Å². The van der Waals surface area contributed by atoms with Crippen LogP contribution in [0.25, 0.3) is 0 Å². The molecule has 0 aliphatic carbocycles. The van der Waals surface area contributed by atoms with Crippen molar-refractivity contribution in [2.75, 3.05) is 0 Å². The molecule has 40 heavy (non-hydrogen) atoms. The van der Waals surface area contributed by atoms with Crippen molar-refractivity contribution in [3.63, 3.8) is 0 Å². The number of nitrogens with zero attached hydrogens (tertiary/aromatic N) is 2. The Bertz CT molecular complexity index is 1340. The first-order valence-electron chi connectivity index (χ1n) is 10.2. The summed E-state index contributed by atoms with van der Waals surface area (Å²) in [6.07, 6.45) is -21.2. The topological polar surface area (TPSA) is 66.0 Å². The van der Waals surface area contributed by atoms with Gasteiger partial charge in [0, 0.05) is 12.1 Å². The highest BCUT2D eigenvalue weighted by Gasteiger charge is 2.39. The van der Waals surface area contributed by atoms with Crippen LogP contribution in [0.4, 0.5) is 52.7 Å². The normalized spacial score (nSPS) is 12.4. The van der Waals surface area contributed by atoms with Crippen LogP contribution in [0, 0.1) is 22.7 Å². The van der Waals surface area contributed by atoms with Crippen molar-refractivity contribution in [3.8, 4) is 35.1 Å². The van der Waals surface area contributed by atoms with Crippen molar-refractivity contribution in [2.45, 2.75) is 24.7 Å². The van der Waals surface area contributed by atoms with E-state index >= 15 is 0 Å². The Balaban J connectivity index is 2.22.